The number of aliphatic hydroxyl groups is 1. The van der Waals surface area contributed by atoms with Crippen LogP contribution in [0.1, 0.15) is 17.8 Å². The van der Waals surface area contributed by atoms with E-state index in [1.807, 2.05) is 42.6 Å². The van der Waals surface area contributed by atoms with Crippen LogP contribution in [0.4, 0.5) is 5.82 Å². The van der Waals surface area contributed by atoms with Gasteiger partial charge in [0.15, 0.2) is 0 Å². The van der Waals surface area contributed by atoms with Crippen molar-refractivity contribution in [2.45, 2.75) is 32.1 Å². The molecule has 3 heterocycles. The van der Waals surface area contributed by atoms with Gasteiger partial charge in [0.2, 0.25) is 0 Å². The van der Waals surface area contributed by atoms with Crippen LogP contribution < -0.4 is 10.1 Å². The Bertz CT molecular complexity index is 881. The van der Waals surface area contributed by atoms with Gasteiger partial charge in [-0.2, -0.15) is 0 Å². The molecule has 136 valence electrons. The lowest BCUT2D eigenvalue weighted by molar-refractivity contribution is 0.0147. The van der Waals surface area contributed by atoms with Gasteiger partial charge in [0.25, 0.3) is 0 Å². The van der Waals surface area contributed by atoms with Crippen LogP contribution in [-0.2, 0) is 11.3 Å². The van der Waals surface area contributed by atoms with E-state index in [9.17, 15) is 0 Å². The van der Waals surface area contributed by atoms with E-state index < -0.39 is 0 Å². The number of benzene rings is 1. The molecule has 26 heavy (non-hydrogen) atoms. The number of anilines is 1. The summed E-state index contributed by atoms with van der Waals surface area (Å²) in [6, 6.07) is 9.55. The number of hydrogen-bond donors (Lipinski definition) is 2. The molecule has 1 saturated heterocycles. The molecule has 6 nitrogen and oxygen atoms in total. The molecule has 0 radical (unpaired) electrons. The minimum absolute atomic E-state index is 0.000804. The second-order valence-electron chi connectivity index (χ2n) is 6.33. The summed E-state index contributed by atoms with van der Waals surface area (Å²) in [6.45, 7) is 3.17. The van der Waals surface area contributed by atoms with Gasteiger partial charge < -0.3 is 19.9 Å². The SMILES string of the molecule is Cc1nc(N[C@@H]2COCC[C@H]2Oc2ccc(CO)cc2)c2sccc2n1. The standard InChI is InChI=1S/C19H21N3O3S/c1-12-20-15-7-9-26-18(15)19(21-12)22-16-11-24-8-6-17(16)25-14-4-2-13(10-23)3-5-14/h2-5,7,9,16-17,23H,6,8,10-11H2,1H3,(H,20,21,22)/t16-,17-/m1/s1. The van der Waals surface area contributed by atoms with Crippen molar-refractivity contribution in [1.29, 1.82) is 0 Å². The van der Waals surface area contributed by atoms with Crippen LogP contribution >= 0.6 is 11.3 Å². The van der Waals surface area contributed by atoms with Crippen molar-refractivity contribution in [3.63, 3.8) is 0 Å². The van der Waals surface area contributed by atoms with Gasteiger partial charge in [0, 0.05) is 6.42 Å². The maximum atomic E-state index is 9.17. The molecule has 1 aromatic carbocycles. The summed E-state index contributed by atoms with van der Waals surface area (Å²) in [5, 5.41) is 14.7. The summed E-state index contributed by atoms with van der Waals surface area (Å²) < 4.78 is 12.9. The van der Waals surface area contributed by atoms with Crippen LogP contribution in [0, 0.1) is 6.92 Å². The number of hydrogen-bond acceptors (Lipinski definition) is 7. The topological polar surface area (TPSA) is 76.5 Å². The number of aryl methyl sites for hydroxylation is 1. The first kappa shape index (κ1) is 17.2. The molecule has 1 aliphatic rings. The fraction of sp³-hybridized carbons (Fsp3) is 0.368. The molecule has 0 saturated carbocycles. The van der Waals surface area contributed by atoms with E-state index in [-0.39, 0.29) is 18.8 Å². The Hall–Kier alpha value is -2.22. The molecular formula is C19H21N3O3S. The Balaban J connectivity index is 1.54. The van der Waals surface area contributed by atoms with E-state index in [0.717, 1.165) is 39.6 Å². The third-order valence-corrected chi connectivity index (χ3v) is 5.33. The smallest absolute Gasteiger partial charge is 0.148 e. The number of nitrogens with zero attached hydrogens (tertiary/aromatic N) is 2. The van der Waals surface area contributed by atoms with Crippen molar-refractivity contribution in [3.8, 4) is 5.75 Å². The van der Waals surface area contributed by atoms with E-state index >= 15 is 0 Å². The lowest BCUT2D eigenvalue weighted by atomic mass is 10.1. The summed E-state index contributed by atoms with van der Waals surface area (Å²) in [6.07, 6.45) is 0.783. The molecule has 0 unspecified atom stereocenters. The van der Waals surface area contributed by atoms with Crippen molar-refractivity contribution in [2.24, 2.45) is 0 Å². The molecular weight excluding hydrogens is 350 g/mol. The molecule has 7 heteroatoms. The Morgan fingerprint density at radius 1 is 1.27 bits per heavy atom. The Kier molecular flexibility index (Phi) is 5.01. The molecule has 0 spiro atoms. The Morgan fingerprint density at radius 3 is 2.92 bits per heavy atom. The quantitative estimate of drug-likeness (QED) is 0.718. The van der Waals surface area contributed by atoms with Crippen LogP contribution in [0.5, 0.6) is 5.75 Å². The van der Waals surface area contributed by atoms with E-state index in [1.165, 1.54) is 0 Å². The molecule has 1 fully saturated rings. The first-order chi connectivity index (χ1) is 12.7. The summed E-state index contributed by atoms with van der Waals surface area (Å²) in [4.78, 5) is 9.05. The predicted octanol–water partition coefficient (Wildman–Crippen LogP) is 3.14. The number of ether oxygens (including phenoxy) is 2. The summed E-state index contributed by atoms with van der Waals surface area (Å²) in [5.74, 6) is 2.37. The first-order valence-corrected chi connectivity index (χ1v) is 9.53. The second-order valence-corrected chi connectivity index (χ2v) is 7.24. The van der Waals surface area contributed by atoms with Gasteiger partial charge in [0.1, 0.15) is 23.5 Å². The second kappa shape index (κ2) is 7.57. The van der Waals surface area contributed by atoms with Gasteiger partial charge in [-0.25, -0.2) is 9.97 Å². The molecule has 1 aliphatic heterocycles. The Labute approximate surface area is 155 Å². The summed E-state index contributed by atoms with van der Waals surface area (Å²) >= 11 is 1.63. The third kappa shape index (κ3) is 3.65. The molecule has 0 amide bonds. The highest BCUT2D eigenvalue weighted by Gasteiger charge is 2.28. The van der Waals surface area contributed by atoms with Gasteiger partial charge in [-0.1, -0.05) is 12.1 Å². The molecule has 4 rings (SSSR count). The average molecular weight is 371 g/mol. The third-order valence-electron chi connectivity index (χ3n) is 4.42. The zero-order valence-electron chi connectivity index (χ0n) is 14.5. The zero-order chi connectivity index (χ0) is 17.9. The van der Waals surface area contributed by atoms with Crippen LogP contribution in [-0.4, -0.2) is 40.4 Å². The van der Waals surface area contributed by atoms with Crippen LogP contribution in [0.3, 0.4) is 0 Å². The first-order valence-electron chi connectivity index (χ1n) is 8.65. The number of thiophene rings is 1. The van der Waals surface area contributed by atoms with Gasteiger partial charge in [0.05, 0.1) is 36.1 Å². The fourth-order valence-corrected chi connectivity index (χ4v) is 3.88. The highest BCUT2D eigenvalue weighted by atomic mass is 32.1. The van der Waals surface area contributed by atoms with Crippen LogP contribution in [0.2, 0.25) is 0 Å². The highest BCUT2D eigenvalue weighted by molar-refractivity contribution is 7.17. The van der Waals surface area contributed by atoms with E-state index in [2.05, 4.69) is 15.3 Å². The maximum absolute atomic E-state index is 9.17. The molecule has 2 N–H and O–H groups in total. The number of nitrogens with one attached hydrogen (secondary N) is 1. The number of aliphatic hydroxyl groups excluding tert-OH is 1. The predicted molar refractivity (Wildman–Crippen MR) is 102 cm³/mol. The number of aromatic nitrogens is 2. The minimum Gasteiger partial charge on any atom is -0.488 e. The van der Waals surface area contributed by atoms with Gasteiger partial charge >= 0.3 is 0 Å². The molecule has 3 aromatic rings. The number of fused-ring (bicyclic) bond motifs is 1. The van der Waals surface area contributed by atoms with Gasteiger partial charge in [-0.15, -0.1) is 11.3 Å². The van der Waals surface area contributed by atoms with Crippen molar-refractivity contribution in [1.82, 2.24) is 9.97 Å². The maximum Gasteiger partial charge on any atom is 0.148 e. The van der Waals surface area contributed by atoms with Gasteiger partial charge in [-0.05, 0) is 36.1 Å². The molecule has 2 atom stereocenters. The number of rotatable bonds is 5. The minimum atomic E-state index is -0.0194. The van der Waals surface area contributed by atoms with E-state index in [1.54, 1.807) is 11.3 Å². The van der Waals surface area contributed by atoms with E-state index in [4.69, 9.17) is 14.6 Å². The lowest BCUT2D eigenvalue weighted by Gasteiger charge is -2.33. The lowest BCUT2D eigenvalue weighted by Crippen LogP contribution is -2.45. The molecule has 0 bridgehead atoms. The molecule has 0 aliphatic carbocycles. The van der Waals surface area contributed by atoms with Crippen molar-refractivity contribution >= 4 is 27.4 Å². The monoisotopic (exact) mass is 371 g/mol. The van der Waals surface area contributed by atoms with Crippen molar-refractivity contribution < 1.29 is 14.6 Å². The van der Waals surface area contributed by atoms with Crippen molar-refractivity contribution in [2.75, 3.05) is 18.5 Å². The largest absolute Gasteiger partial charge is 0.488 e. The zero-order valence-corrected chi connectivity index (χ0v) is 15.3. The fourth-order valence-electron chi connectivity index (χ4n) is 3.10. The van der Waals surface area contributed by atoms with Crippen molar-refractivity contribution in [3.05, 3.63) is 47.1 Å². The van der Waals surface area contributed by atoms with Gasteiger partial charge in [-0.3, -0.25) is 0 Å². The molecule has 2 aromatic heterocycles. The Morgan fingerprint density at radius 2 is 2.12 bits per heavy atom. The van der Waals surface area contributed by atoms with Crippen LogP contribution in [0.15, 0.2) is 35.7 Å². The summed E-state index contributed by atoms with van der Waals surface area (Å²) in [5.41, 5.74) is 1.83. The highest BCUT2D eigenvalue weighted by Crippen LogP contribution is 2.28. The normalized spacial score (nSPS) is 20.2. The average Bonchev–Trinajstić information content (AvgIpc) is 3.12. The van der Waals surface area contributed by atoms with Crippen LogP contribution in [0.25, 0.3) is 10.2 Å². The summed E-state index contributed by atoms with van der Waals surface area (Å²) in [7, 11) is 0. The van der Waals surface area contributed by atoms with E-state index in [0.29, 0.717) is 13.2 Å².